The molecule has 2 atom stereocenters. The number of amides is 1. The largest absolute Gasteiger partial charge is 0.381 e. The number of nitrogens with one attached hydrogen (secondary N) is 1. The first-order valence-electron chi connectivity index (χ1n) is 8.53. The molecule has 4 rings (SSSR count). The van der Waals surface area contributed by atoms with Gasteiger partial charge in [-0.1, -0.05) is 29.8 Å². The molecule has 24 heavy (non-hydrogen) atoms. The minimum Gasteiger partial charge on any atom is -0.381 e. The number of benzene rings is 1. The summed E-state index contributed by atoms with van der Waals surface area (Å²) in [5.41, 5.74) is 0.466. The first kappa shape index (κ1) is 18.0. The van der Waals surface area contributed by atoms with Crippen molar-refractivity contribution in [1.82, 2.24) is 10.2 Å². The summed E-state index contributed by atoms with van der Waals surface area (Å²) in [4.78, 5) is 15.6. The summed E-state index contributed by atoms with van der Waals surface area (Å²) in [5.74, 6) is 1.48. The lowest BCUT2D eigenvalue weighted by Crippen LogP contribution is -2.50. The number of halogens is 2. The highest BCUT2D eigenvalue weighted by atomic mass is 35.5. The highest BCUT2D eigenvalue weighted by molar-refractivity contribution is 6.31. The molecule has 1 amide bonds. The van der Waals surface area contributed by atoms with Crippen molar-refractivity contribution in [2.75, 3.05) is 39.4 Å². The molecule has 1 N–H and O–H groups in total. The summed E-state index contributed by atoms with van der Waals surface area (Å²) in [5, 5.41) is 4.13. The molecule has 6 heteroatoms. The number of carbonyl (C=O) groups excluding carboxylic acids is 1. The van der Waals surface area contributed by atoms with E-state index in [2.05, 4.69) is 10.2 Å². The topological polar surface area (TPSA) is 41.6 Å². The summed E-state index contributed by atoms with van der Waals surface area (Å²) in [7, 11) is 0. The Bertz CT molecular complexity index is 592. The molecule has 3 saturated heterocycles. The maximum atomic E-state index is 13.5. The molecule has 132 valence electrons. The van der Waals surface area contributed by atoms with Gasteiger partial charge in [0, 0.05) is 44.4 Å². The van der Waals surface area contributed by atoms with Crippen molar-refractivity contribution < 1.29 is 9.53 Å². The number of fused-ring (bicyclic) bond motifs is 1. The van der Waals surface area contributed by atoms with Crippen LogP contribution in [-0.4, -0.2) is 50.2 Å². The van der Waals surface area contributed by atoms with E-state index >= 15 is 0 Å². The molecule has 3 aliphatic heterocycles. The summed E-state index contributed by atoms with van der Waals surface area (Å²) in [6.07, 6.45) is 1.44. The van der Waals surface area contributed by atoms with E-state index in [-0.39, 0.29) is 18.3 Å². The van der Waals surface area contributed by atoms with Crippen molar-refractivity contribution >= 4 is 29.9 Å². The van der Waals surface area contributed by atoms with Crippen LogP contribution < -0.4 is 5.32 Å². The van der Waals surface area contributed by atoms with E-state index < -0.39 is 5.41 Å². The van der Waals surface area contributed by atoms with Crippen LogP contribution in [0.4, 0.5) is 0 Å². The minimum absolute atomic E-state index is 0. The Balaban J connectivity index is 0.00000169. The molecule has 0 spiro atoms. The normalized spacial score (nSPS) is 28.3. The van der Waals surface area contributed by atoms with Crippen LogP contribution in [0.1, 0.15) is 18.4 Å². The van der Waals surface area contributed by atoms with Crippen molar-refractivity contribution in [2.45, 2.75) is 18.3 Å². The summed E-state index contributed by atoms with van der Waals surface area (Å²) in [6.45, 7) is 5.08. The number of hydrogen-bond acceptors (Lipinski definition) is 3. The Labute approximate surface area is 154 Å². The van der Waals surface area contributed by atoms with Gasteiger partial charge in [-0.05, 0) is 36.3 Å². The number of ether oxygens (including phenoxy) is 1. The zero-order valence-corrected chi connectivity index (χ0v) is 15.2. The second-order valence-corrected chi connectivity index (χ2v) is 7.47. The molecule has 0 bridgehead atoms. The van der Waals surface area contributed by atoms with Gasteiger partial charge in [0.05, 0.1) is 5.41 Å². The van der Waals surface area contributed by atoms with Gasteiger partial charge < -0.3 is 15.0 Å². The average Bonchev–Trinajstić information content (AvgIpc) is 3.17. The van der Waals surface area contributed by atoms with Gasteiger partial charge in [0.2, 0.25) is 5.91 Å². The van der Waals surface area contributed by atoms with Gasteiger partial charge in [-0.3, -0.25) is 4.79 Å². The van der Waals surface area contributed by atoms with E-state index in [9.17, 15) is 4.79 Å². The van der Waals surface area contributed by atoms with Gasteiger partial charge in [-0.2, -0.15) is 0 Å². The van der Waals surface area contributed by atoms with Crippen molar-refractivity contribution in [1.29, 1.82) is 0 Å². The smallest absolute Gasteiger partial charge is 0.233 e. The lowest BCUT2D eigenvalue weighted by Gasteiger charge is -2.39. The summed E-state index contributed by atoms with van der Waals surface area (Å²) in [6, 6.07) is 7.82. The Morgan fingerprint density at radius 1 is 1.17 bits per heavy atom. The van der Waals surface area contributed by atoms with Crippen LogP contribution in [0.15, 0.2) is 24.3 Å². The molecule has 3 heterocycles. The molecule has 0 saturated carbocycles. The Morgan fingerprint density at radius 3 is 2.42 bits per heavy atom. The van der Waals surface area contributed by atoms with Gasteiger partial charge in [0.1, 0.15) is 0 Å². The molecule has 0 aliphatic carbocycles. The highest BCUT2D eigenvalue weighted by Crippen LogP contribution is 2.41. The van der Waals surface area contributed by atoms with Crippen LogP contribution in [0.3, 0.4) is 0 Å². The number of nitrogens with zero attached hydrogens (tertiary/aromatic N) is 1. The molecule has 3 aliphatic rings. The van der Waals surface area contributed by atoms with Gasteiger partial charge in [0.25, 0.3) is 0 Å². The number of hydrogen-bond donors (Lipinski definition) is 1. The second-order valence-electron chi connectivity index (χ2n) is 7.06. The number of likely N-dealkylation sites (tertiary alicyclic amines) is 1. The van der Waals surface area contributed by atoms with Gasteiger partial charge >= 0.3 is 0 Å². The standard InChI is InChI=1S/C18H23ClN2O2.ClH/c19-16-4-2-1-3-15(16)18(5-7-23-8-6-18)17(22)21-11-13-9-20-10-14(13)12-21;/h1-4,13-14,20H,5-12H2;1H/t13-,14+;. The van der Waals surface area contributed by atoms with Crippen LogP contribution in [-0.2, 0) is 14.9 Å². The SMILES string of the molecule is Cl.O=C(N1C[C@H]2CNC[C@H]2C1)C1(c2ccccc2Cl)CCOCC1. The second kappa shape index (κ2) is 7.20. The zero-order valence-electron chi connectivity index (χ0n) is 13.7. The Kier molecular flexibility index (Phi) is 5.40. The Hall–Kier alpha value is -0.810. The van der Waals surface area contributed by atoms with E-state index in [0.29, 0.717) is 30.1 Å². The van der Waals surface area contributed by atoms with Crippen LogP contribution >= 0.6 is 24.0 Å². The molecule has 1 aromatic rings. The van der Waals surface area contributed by atoms with Gasteiger partial charge in [0.15, 0.2) is 0 Å². The molecule has 3 fully saturated rings. The van der Waals surface area contributed by atoms with Crippen LogP contribution in [0.2, 0.25) is 5.02 Å². The molecule has 0 aromatic heterocycles. The average molecular weight is 371 g/mol. The molecular weight excluding hydrogens is 347 g/mol. The van der Waals surface area contributed by atoms with E-state index in [0.717, 1.165) is 44.6 Å². The molecule has 0 unspecified atom stereocenters. The van der Waals surface area contributed by atoms with E-state index in [1.54, 1.807) is 0 Å². The number of carbonyl (C=O) groups is 1. The zero-order chi connectivity index (χ0) is 15.9. The fraction of sp³-hybridized carbons (Fsp3) is 0.611. The summed E-state index contributed by atoms with van der Waals surface area (Å²) < 4.78 is 5.55. The minimum atomic E-state index is -0.511. The monoisotopic (exact) mass is 370 g/mol. The van der Waals surface area contributed by atoms with Gasteiger partial charge in [-0.25, -0.2) is 0 Å². The van der Waals surface area contributed by atoms with Crippen molar-refractivity contribution in [3.8, 4) is 0 Å². The lowest BCUT2D eigenvalue weighted by molar-refractivity contribution is -0.140. The summed E-state index contributed by atoms with van der Waals surface area (Å²) >= 11 is 6.47. The van der Waals surface area contributed by atoms with Gasteiger partial charge in [-0.15, -0.1) is 12.4 Å². The fourth-order valence-electron chi connectivity index (χ4n) is 4.49. The molecule has 0 radical (unpaired) electrons. The quantitative estimate of drug-likeness (QED) is 0.869. The van der Waals surface area contributed by atoms with Crippen LogP contribution in [0.5, 0.6) is 0 Å². The maximum Gasteiger partial charge on any atom is 0.233 e. The first-order chi connectivity index (χ1) is 11.2. The third-order valence-electron chi connectivity index (χ3n) is 5.82. The predicted octanol–water partition coefficient (Wildman–Crippen LogP) is 2.49. The third-order valence-corrected chi connectivity index (χ3v) is 6.15. The Morgan fingerprint density at radius 2 is 1.79 bits per heavy atom. The first-order valence-corrected chi connectivity index (χ1v) is 8.91. The highest BCUT2D eigenvalue weighted by Gasteiger charge is 2.48. The number of rotatable bonds is 2. The fourth-order valence-corrected chi connectivity index (χ4v) is 4.81. The van der Waals surface area contributed by atoms with Crippen molar-refractivity contribution in [2.24, 2.45) is 11.8 Å². The van der Waals surface area contributed by atoms with Crippen LogP contribution in [0, 0.1) is 11.8 Å². The maximum absolute atomic E-state index is 13.5. The van der Waals surface area contributed by atoms with Crippen molar-refractivity contribution in [3.63, 3.8) is 0 Å². The molecule has 1 aromatic carbocycles. The predicted molar refractivity (Wildman–Crippen MR) is 96.9 cm³/mol. The third kappa shape index (κ3) is 2.94. The van der Waals surface area contributed by atoms with E-state index in [4.69, 9.17) is 16.3 Å². The molecule has 4 nitrogen and oxygen atoms in total. The van der Waals surface area contributed by atoms with E-state index in [1.807, 2.05) is 24.3 Å². The van der Waals surface area contributed by atoms with Crippen molar-refractivity contribution in [3.05, 3.63) is 34.9 Å². The van der Waals surface area contributed by atoms with E-state index in [1.165, 1.54) is 0 Å². The molecular formula is C18H24Cl2N2O2. The lowest BCUT2D eigenvalue weighted by atomic mass is 9.73. The van der Waals surface area contributed by atoms with Crippen LogP contribution in [0.25, 0.3) is 0 Å².